The van der Waals surface area contributed by atoms with Gasteiger partial charge in [-0.15, -0.1) is 0 Å². The number of carbonyl (C=O) groups is 2. The van der Waals surface area contributed by atoms with Crippen LogP contribution in [0.25, 0.3) is 0 Å². The van der Waals surface area contributed by atoms with Crippen molar-refractivity contribution < 1.29 is 24.2 Å². The minimum atomic E-state index is -0.724. The van der Waals surface area contributed by atoms with E-state index in [4.69, 9.17) is 9.47 Å². The Bertz CT molecular complexity index is 923. The summed E-state index contributed by atoms with van der Waals surface area (Å²) in [5, 5.41) is 10.4. The largest absolute Gasteiger partial charge is 0.503 e. The van der Waals surface area contributed by atoms with Crippen molar-refractivity contribution in [2.45, 2.75) is 19.4 Å². The zero-order valence-electron chi connectivity index (χ0n) is 14.0. The number of hydrogen-bond acceptors (Lipinski definition) is 6. The topological polar surface area (TPSA) is 89.0 Å². The first kappa shape index (κ1) is 16.1. The molecule has 2 aliphatic rings. The number of rotatable bonds is 4. The molecule has 0 spiro atoms. The third-order valence-corrected chi connectivity index (χ3v) is 4.49. The van der Waals surface area contributed by atoms with Crippen molar-refractivity contribution in [2.24, 2.45) is 0 Å². The van der Waals surface area contributed by atoms with Crippen molar-refractivity contribution in [3.8, 4) is 11.5 Å². The number of ketones is 1. The molecule has 0 saturated carbocycles. The van der Waals surface area contributed by atoms with Gasteiger partial charge in [-0.3, -0.25) is 19.5 Å². The molecule has 1 aromatic heterocycles. The maximum Gasteiger partial charge on any atom is 0.294 e. The van der Waals surface area contributed by atoms with Crippen LogP contribution in [0.1, 0.15) is 24.9 Å². The Kier molecular flexibility index (Phi) is 3.84. The van der Waals surface area contributed by atoms with E-state index in [2.05, 4.69) is 4.98 Å². The monoisotopic (exact) mass is 352 g/mol. The van der Waals surface area contributed by atoms with E-state index in [1.807, 2.05) is 0 Å². The first-order valence-electron chi connectivity index (χ1n) is 8.21. The van der Waals surface area contributed by atoms with Crippen molar-refractivity contribution in [1.82, 2.24) is 4.98 Å². The van der Waals surface area contributed by atoms with Gasteiger partial charge in [0.15, 0.2) is 23.0 Å². The van der Waals surface area contributed by atoms with Crippen LogP contribution in [0.15, 0.2) is 54.1 Å². The van der Waals surface area contributed by atoms with Gasteiger partial charge in [0.05, 0.1) is 11.6 Å². The van der Waals surface area contributed by atoms with Crippen molar-refractivity contribution in [2.75, 3.05) is 11.7 Å². The zero-order chi connectivity index (χ0) is 18.3. The molecule has 132 valence electrons. The van der Waals surface area contributed by atoms with E-state index in [1.54, 1.807) is 49.6 Å². The van der Waals surface area contributed by atoms with E-state index < -0.39 is 17.7 Å². The summed E-state index contributed by atoms with van der Waals surface area (Å²) in [6.07, 6.45) is 3.35. The fourth-order valence-corrected chi connectivity index (χ4v) is 3.24. The van der Waals surface area contributed by atoms with Crippen molar-refractivity contribution in [3.05, 3.63) is 59.6 Å². The number of aromatic nitrogens is 1. The molecule has 0 aliphatic carbocycles. The van der Waals surface area contributed by atoms with Crippen molar-refractivity contribution in [1.29, 1.82) is 0 Å². The maximum atomic E-state index is 12.8. The molecule has 2 aliphatic heterocycles. The van der Waals surface area contributed by atoms with Gasteiger partial charge in [0.2, 0.25) is 6.79 Å². The molecule has 1 N–H and O–H groups in total. The Morgan fingerprint density at radius 3 is 2.69 bits per heavy atom. The van der Waals surface area contributed by atoms with Gasteiger partial charge in [0.25, 0.3) is 5.91 Å². The van der Waals surface area contributed by atoms with Gasteiger partial charge in [0.1, 0.15) is 0 Å². The molecule has 7 heteroatoms. The number of Topliss-reactive ketones (excluding diaryl/α,β-unsaturated/α-hetero) is 1. The quantitative estimate of drug-likeness (QED) is 0.910. The van der Waals surface area contributed by atoms with Crippen LogP contribution in [-0.2, 0) is 9.59 Å². The number of pyridine rings is 1. The lowest BCUT2D eigenvalue weighted by Gasteiger charge is -2.26. The van der Waals surface area contributed by atoms with E-state index in [9.17, 15) is 14.7 Å². The summed E-state index contributed by atoms with van der Waals surface area (Å²) in [6.45, 7) is 1.81. The molecule has 26 heavy (non-hydrogen) atoms. The Morgan fingerprint density at radius 1 is 1.23 bits per heavy atom. The number of fused-ring (bicyclic) bond motifs is 1. The molecular weight excluding hydrogens is 336 g/mol. The predicted octanol–water partition coefficient (Wildman–Crippen LogP) is 2.69. The summed E-state index contributed by atoms with van der Waals surface area (Å²) in [5.41, 5.74) is 1.29. The molecule has 3 heterocycles. The second-order valence-corrected chi connectivity index (χ2v) is 5.93. The maximum absolute atomic E-state index is 12.8. The summed E-state index contributed by atoms with van der Waals surface area (Å²) in [4.78, 5) is 30.6. The van der Waals surface area contributed by atoms with Crippen LogP contribution in [0.4, 0.5) is 5.69 Å². The number of aliphatic hydroxyl groups is 1. The number of anilines is 1. The van der Waals surface area contributed by atoms with E-state index in [-0.39, 0.29) is 24.6 Å². The summed E-state index contributed by atoms with van der Waals surface area (Å²) in [5.74, 6) is -0.318. The van der Waals surface area contributed by atoms with Gasteiger partial charge < -0.3 is 14.6 Å². The van der Waals surface area contributed by atoms with Gasteiger partial charge in [0, 0.05) is 30.6 Å². The first-order chi connectivity index (χ1) is 12.6. The van der Waals surface area contributed by atoms with E-state index in [1.165, 1.54) is 4.90 Å². The highest BCUT2D eigenvalue weighted by atomic mass is 16.7. The molecule has 0 saturated heterocycles. The highest BCUT2D eigenvalue weighted by Gasteiger charge is 2.44. The van der Waals surface area contributed by atoms with Crippen LogP contribution >= 0.6 is 0 Å². The van der Waals surface area contributed by atoms with E-state index >= 15 is 0 Å². The van der Waals surface area contributed by atoms with Gasteiger partial charge in [-0.05, 0) is 29.8 Å². The molecule has 0 fully saturated rings. The van der Waals surface area contributed by atoms with Gasteiger partial charge in [-0.25, -0.2) is 0 Å². The molecule has 0 radical (unpaired) electrons. The summed E-state index contributed by atoms with van der Waals surface area (Å²) < 4.78 is 10.7. The SMILES string of the molecule is CCC(=O)C1=C(O)C(=O)N(c2ccc3c(c2)OCO3)C1c1ccncc1. The third-order valence-electron chi connectivity index (χ3n) is 4.49. The summed E-state index contributed by atoms with van der Waals surface area (Å²) in [6, 6.07) is 7.79. The second kappa shape index (κ2) is 6.18. The minimum absolute atomic E-state index is 0.0985. The highest BCUT2D eigenvalue weighted by Crippen LogP contribution is 2.44. The number of benzene rings is 1. The molecule has 1 atom stereocenters. The smallest absolute Gasteiger partial charge is 0.294 e. The Balaban J connectivity index is 1.85. The lowest BCUT2D eigenvalue weighted by atomic mass is 9.95. The highest BCUT2D eigenvalue weighted by molar-refractivity contribution is 6.16. The molecule has 7 nitrogen and oxygen atoms in total. The van der Waals surface area contributed by atoms with Crippen LogP contribution in [0, 0.1) is 0 Å². The van der Waals surface area contributed by atoms with Gasteiger partial charge >= 0.3 is 0 Å². The molecular formula is C19H16N2O5. The second-order valence-electron chi connectivity index (χ2n) is 5.93. The summed E-state index contributed by atoms with van der Waals surface area (Å²) in [7, 11) is 0. The van der Waals surface area contributed by atoms with Crippen LogP contribution in [0.5, 0.6) is 11.5 Å². The zero-order valence-corrected chi connectivity index (χ0v) is 14.0. The Labute approximate surface area is 149 Å². The van der Waals surface area contributed by atoms with Crippen LogP contribution < -0.4 is 14.4 Å². The van der Waals surface area contributed by atoms with E-state index in [0.717, 1.165) is 0 Å². The average Bonchev–Trinajstić information content (AvgIpc) is 3.24. The number of amides is 1. The fraction of sp³-hybridized carbons (Fsp3) is 0.211. The summed E-state index contributed by atoms with van der Waals surface area (Å²) >= 11 is 0. The van der Waals surface area contributed by atoms with Gasteiger partial charge in [-0.1, -0.05) is 6.92 Å². The Morgan fingerprint density at radius 2 is 1.96 bits per heavy atom. The third kappa shape index (κ3) is 2.40. The van der Waals surface area contributed by atoms with Gasteiger partial charge in [-0.2, -0.15) is 0 Å². The Hall–Kier alpha value is -3.35. The normalized spacial score (nSPS) is 18.6. The number of ether oxygens (including phenoxy) is 2. The molecule has 1 aromatic carbocycles. The molecule has 1 unspecified atom stereocenters. The first-order valence-corrected chi connectivity index (χ1v) is 8.21. The van der Waals surface area contributed by atoms with Crippen LogP contribution in [0.3, 0.4) is 0 Å². The molecule has 1 amide bonds. The molecule has 4 rings (SSSR count). The number of nitrogens with zero attached hydrogens (tertiary/aromatic N) is 2. The average molecular weight is 352 g/mol. The number of hydrogen-bond donors (Lipinski definition) is 1. The number of carbonyl (C=O) groups excluding carboxylic acids is 2. The van der Waals surface area contributed by atoms with Crippen molar-refractivity contribution >= 4 is 17.4 Å². The van der Waals surface area contributed by atoms with Crippen LogP contribution in [-0.4, -0.2) is 28.6 Å². The lowest BCUT2D eigenvalue weighted by molar-refractivity contribution is -0.118. The lowest BCUT2D eigenvalue weighted by Crippen LogP contribution is -2.31. The molecule has 2 aromatic rings. The predicted molar refractivity (Wildman–Crippen MR) is 92.0 cm³/mol. The minimum Gasteiger partial charge on any atom is -0.503 e. The standard InChI is InChI=1S/C19H16N2O5/c1-2-13(22)16-17(11-5-7-20-8-6-11)21(19(24)18(16)23)12-3-4-14-15(9-12)26-10-25-14/h3-9,17,23H,2,10H2,1H3. The van der Waals surface area contributed by atoms with Crippen molar-refractivity contribution in [3.63, 3.8) is 0 Å². The fourth-order valence-electron chi connectivity index (χ4n) is 3.24. The van der Waals surface area contributed by atoms with E-state index in [0.29, 0.717) is 22.7 Å². The molecule has 0 bridgehead atoms. The van der Waals surface area contributed by atoms with Crippen LogP contribution in [0.2, 0.25) is 0 Å². The number of aliphatic hydroxyl groups excluding tert-OH is 1.